The van der Waals surface area contributed by atoms with E-state index in [-0.39, 0.29) is 12.0 Å². The molecule has 1 atom stereocenters. The fourth-order valence-corrected chi connectivity index (χ4v) is 1.44. The van der Waals surface area contributed by atoms with Gasteiger partial charge in [0.1, 0.15) is 5.82 Å². The summed E-state index contributed by atoms with van der Waals surface area (Å²) in [6, 6.07) is 3.97. The molecule has 1 amide bonds. The van der Waals surface area contributed by atoms with Crippen LogP contribution < -0.4 is 5.32 Å². The molecule has 0 aliphatic heterocycles. The smallest absolute Gasteiger partial charge is 0.305 e. The first-order valence-corrected chi connectivity index (χ1v) is 5.19. The Labute approximate surface area is 98.5 Å². The van der Waals surface area contributed by atoms with Crippen molar-refractivity contribution in [2.24, 2.45) is 0 Å². The molecule has 0 saturated heterocycles. The Hall–Kier alpha value is -1.91. The summed E-state index contributed by atoms with van der Waals surface area (Å²) < 4.78 is 13.6. The number of nitrogens with one attached hydrogen (secondary N) is 1. The highest BCUT2D eigenvalue weighted by Crippen LogP contribution is 2.12. The molecule has 1 aromatic carbocycles. The van der Waals surface area contributed by atoms with Crippen molar-refractivity contribution in [3.05, 3.63) is 35.1 Å². The molecule has 1 unspecified atom stereocenters. The Kier molecular flexibility index (Phi) is 4.20. The van der Waals surface area contributed by atoms with Gasteiger partial charge in [0.05, 0.1) is 12.0 Å². The molecule has 0 saturated carbocycles. The number of benzene rings is 1. The van der Waals surface area contributed by atoms with E-state index in [1.807, 2.05) is 0 Å². The second-order valence-electron chi connectivity index (χ2n) is 3.91. The summed E-state index contributed by atoms with van der Waals surface area (Å²) in [6.07, 6.45) is -0.195. The number of amides is 1. The third-order valence-electron chi connectivity index (χ3n) is 2.29. The van der Waals surface area contributed by atoms with E-state index in [2.05, 4.69) is 5.32 Å². The van der Waals surface area contributed by atoms with Crippen molar-refractivity contribution in [1.82, 2.24) is 5.32 Å². The van der Waals surface area contributed by atoms with Crippen molar-refractivity contribution in [3.8, 4) is 0 Å². The van der Waals surface area contributed by atoms with Gasteiger partial charge in [-0.05, 0) is 25.5 Å². The molecule has 1 aromatic rings. The minimum Gasteiger partial charge on any atom is -0.481 e. The van der Waals surface area contributed by atoms with Crippen LogP contribution in [0.15, 0.2) is 18.2 Å². The number of hydrogen-bond acceptors (Lipinski definition) is 2. The topological polar surface area (TPSA) is 66.4 Å². The molecule has 0 heterocycles. The van der Waals surface area contributed by atoms with E-state index in [1.54, 1.807) is 26.0 Å². The van der Waals surface area contributed by atoms with Crippen molar-refractivity contribution >= 4 is 11.9 Å². The minimum absolute atomic E-state index is 0.0674. The monoisotopic (exact) mass is 239 g/mol. The second kappa shape index (κ2) is 5.43. The summed E-state index contributed by atoms with van der Waals surface area (Å²) in [5.41, 5.74) is 0.311. The van der Waals surface area contributed by atoms with Crippen LogP contribution in [0.5, 0.6) is 0 Å². The van der Waals surface area contributed by atoms with Crippen molar-refractivity contribution in [2.75, 3.05) is 0 Å². The zero-order valence-electron chi connectivity index (χ0n) is 9.66. The van der Waals surface area contributed by atoms with Gasteiger partial charge in [0.15, 0.2) is 0 Å². The first-order valence-electron chi connectivity index (χ1n) is 5.19. The summed E-state index contributed by atoms with van der Waals surface area (Å²) in [7, 11) is 0. The fourth-order valence-electron chi connectivity index (χ4n) is 1.44. The lowest BCUT2D eigenvalue weighted by atomic mass is 10.1. The summed E-state index contributed by atoms with van der Waals surface area (Å²) in [4.78, 5) is 22.1. The van der Waals surface area contributed by atoms with Crippen molar-refractivity contribution in [2.45, 2.75) is 26.3 Å². The van der Waals surface area contributed by atoms with Crippen molar-refractivity contribution in [3.63, 3.8) is 0 Å². The first-order chi connectivity index (χ1) is 7.91. The second-order valence-corrected chi connectivity index (χ2v) is 3.91. The van der Waals surface area contributed by atoms with Crippen LogP contribution in [0.3, 0.4) is 0 Å². The SMILES string of the molecule is Cc1cccc(C(=O)NC(C)CC(=O)O)c1F. The Morgan fingerprint density at radius 3 is 2.71 bits per heavy atom. The van der Waals surface area contributed by atoms with Gasteiger partial charge in [-0.25, -0.2) is 4.39 Å². The molecule has 0 aromatic heterocycles. The average molecular weight is 239 g/mol. The minimum atomic E-state index is -1.01. The van der Waals surface area contributed by atoms with E-state index in [0.717, 1.165) is 0 Å². The maximum Gasteiger partial charge on any atom is 0.305 e. The van der Waals surface area contributed by atoms with Gasteiger partial charge in [0.2, 0.25) is 0 Å². The molecule has 0 bridgehead atoms. The quantitative estimate of drug-likeness (QED) is 0.840. The third-order valence-corrected chi connectivity index (χ3v) is 2.29. The Morgan fingerprint density at radius 2 is 2.12 bits per heavy atom. The van der Waals surface area contributed by atoms with Gasteiger partial charge in [-0.2, -0.15) is 0 Å². The number of carbonyl (C=O) groups is 2. The number of aryl methyl sites for hydroxylation is 1. The lowest BCUT2D eigenvalue weighted by Gasteiger charge is -2.12. The number of carbonyl (C=O) groups excluding carboxylic acids is 1. The zero-order chi connectivity index (χ0) is 13.0. The van der Waals surface area contributed by atoms with E-state index in [9.17, 15) is 14.0 Å². The van der Waals surface area contributed by atoms with Gasteiger partial charge < -0.3 is 10.4 Å². The molecule has 4 nitrogen and oxygen atoms in total. The van der Waals surface area contributed by atoms with E-state index >= 15 is 0 Å². The fraction of sp³-hybridized carbons (Fsp3) is 0.333. The number of halogens is 1. The van der Waals surface area contributed by atoms with Crippen LogP contribution in [0.1, 0.15) is 29.3 Å². The number of aliphatic carboxylic acids is 1. The number of carboxylic acids is 1. The number of rotatable bonds is 4. The Bertz CT molecular complexity index is 445. The normalized spacial score (nSPS) is 11.9. The van der Waals surface area contributed by atoms with Gasteiger partial charge in [-0.1, -0.05) is 12.1 Å². The van der Waals surface area contributed by atoms with Crippen LogP contribution in [0.25, 0.3) is 0 Å². The summed E-state index contributed by atoms with van der Waals surface area (Å²) in [5, 5.41) is 11.0. The Morgan fingerprint density at radius 1 is 1.47 bits per heavy atom. The van der Waals surface area contributed by atoms with Gasteiger partial charge in [-0.3, -0.25) is 9.59 Å². The number of hydrogen-bond donors (Lipinski definition) is 2. The lowest BCUT2D eigenvalue weighted by Crippen LogP contribution is -2.34. The van der Waals surface area contributed by atoms with Crippen LogP contribution in [-0.2, 0) is 4.79 Å². The first kappa shape index (κ1) is 13.2. The molecular weight excluding hydrogens is 225 g/mol. The largest absolute Gasteiger partial charge is 0.481 e. The van der Waals surface area contributed by atoms with Crippen molar-refractivity contribution < 1.29 is 19.1 Å². The van der Waals surface area contributed by atoms with Gasteiger partial charge >= 0.3 is 5.97 Å². The zero-order valence-corrected chi connectivity index (χ0v) is 9.66. The molecule has 17 heavy (non-hydrogen) atoms. The highest BCUT2D eigenvalue weighted by atomic mass is 19.1. The molecule has 0 spiro atoms. The summed E-state index contributed by atoms with van der Waals surface area (Å²) in [5.74, 6) is -2.19. The summed E-state index contributed by atoms with van der Waals surface area (Å²) in [6.45, 7) is 3.12. The van der Waals surface area contributed by atoms with Crippen LogP contribution in [0.4, 0.5) is 4.39 Å². The molecule has 5 heteroatoms. The summed E-state index contributed by atoms with van der Waals surface area (Å²) >= 11 is 0. The third kappa shape index (κ3) is 3.55. The predicted octanol–water partition coefficient (Wildman–Crippen LogP) is 1.73. The molecule has 0 aliphatic carbocycles. The van der Waals surface area contributed by atoms with E-state index < -0.39 is 23.7 Å². The van der Waals surface area contributed by atoms with E-state index in [1.165, 1.54) is 6.07 Å². The molecule has 2 N–H and O–H groups in total. The maximum absolute atomic E-state index is 13.6. The molecule has 1 rings (SSSR count). The standard InChI is InChI=1S/C12H14FNO3/c1-7-4-3-5-9(11(7)13)12(17)14-8(2)6-10(15)16/h3-5,8H,6H2,1-2H3,(H,14,17)(H,15,16). The lowest BCUT2D eigenvalue weighted by molar-refractivity contribution is -0.137. The van der Waals surface area contributed by atoms with E-state index in [4.69, 9.17) is 5.11 Å². The van der Waals surface area contributed by atoms with Crippen LogP contribution in [0, 0.1) is 12.7 Å². The van der Waals surface area contributed by atoms with Gasteiger partial charge in [-0.15, -0.1) is 0 Å². The number of carboxylic acid groups (broad SMARTS) is 1. The molecule has 92 valence electrons. The predicted molar refractivity (Wildman–Crippen MR) is 60.3 cm³/mol. The average Bonchev–Trinajstić information content (AvgIpc) is 2.20. The molecule has 0 radical (unpaired) electrons. The van der Waals surface area contributed by atoms with Crippen LogP contribution >= 0.6 is 0 Å². The Balaban J connectivity index is 2.77. The molecular formula is C12H14FNO3. The van der Waals surface area contributed by atoms with E-state index in [0.29, 0.717) is 5.56 Å². The van der Waals surface area contributed by atoms with Crippen molar-refractivity contribution in [1.29, 1.82) is 0 Å². The van der Waals surface area contributed by atoms with Gasteiger partial charge in [0, 0.05) is 6.04 Å². The molecule has 0 fully saturated rings. The maximum atomic E-state index is 13.6. The van der Waals surface area contributed by atoms with Gasteiger partial charge in [0.25, 0.3) is 5.91 Å². The highest BCUT2D eigenvalue weighted by molar-refractivity contribution is 5.95. The molecule has 0 aliphatic rings. The van der Waals surface area contributed by atoms with Crippen LogP contribution in [-0.4, -0.2) is 23.0 Å². The highest BCUT2D eigenvalue weighted by Gasteiger charge is 2.16. The van der Waals surface area contributed by atoms with Crippen LogP contribution in [0.2, 0.25) is 0 Å².